The van der Waals surface area contributed by atoms with Crippen LogP contribution in [0.2, 0.25) is 10.2 Å². The number of anilines is 1. The van der Waals surface area contributed by atoms with E-state index in [-0.39, 0.29) is 11.1 Å². The molecule has 5 nitrogen and oxygen atoms in total. The molecule has 1 saturated carbocycles. The first kappa shape index (κ1) is 14.1. The lowest BCUT2D eigenvalue weighted by atomic mass is 9.95. The van der Waals surface area contributed by atoms with Gasteiger partial charge in [0, 0.05) is 17.4 Å². The molecule has 21 heavy (non-hydrogen) atoms. The average molecular weight is 323 g/mol. The first-order chi connectivity index (χ1) is 10.1. The predicted octanol–water partition coefficient (Wildman–Crippen LogP) is 2.96. The van der Waals surface area contributed by atoms with Gasteiger partial charge in [0.25, 0.3) is 0 Å². The van der Waals surface area contributed by atoms with E-state index in [4.69, 9.17) is 23.2 Å². The third-order valence-electron chi connectivity index (χ3n) is 3.53. The van der Waals surface area contributed by atoms with Crippen molar-refractivity contribution >= 4 is 34.9 Å². The molecule has 0 unspecified atom stereocenters. The maximum absolute atomic E-state index is 12.4. The number of benzene rings is 1. The molecule has 3 rings (SSSR count). The van der Waals surface area contributed by atoms with Crippen molar-refractivity contribution in [3.05, 3.63) is 52.4 Å². The summed E-state index contributed by atoms with van der Waals surface area (Å²) in [6.45, 7) is 0. The Balaban J connectivity index is 1.71. The molecular weight excluding hydrogens is 311 g/mol. The number of carbonyl (C=O) groups is 1. The Bertz CT molecular complexity index is 671. The van der Waals surface area contributed by atoms with Gasteiger partial charge in [0.2, 0.25) is 5.91 Å². The van der Waals surface area contributed by atoms with Gasteiger partial charge < -0.3 is 0 Å². The van der Waals surface area contributed by atoms with Gasteiger partial charge in [0.05, 0.1) is 5.41 Å². The molecule has 0 aliphatic heterocycles. The summed E-state index contributed by atoms with van der Waals surface area (Å²) in [5.74, 6) is 0.200. The molecule has 1 aliphatic carbocycles. The molecule has 0 atom stereocenters. The van der Waals surface area contributed by atoms with Crippen molar-refractivity contribution in [1.82, 2.24) is 15.4 Å². The summed E-state index contributed by atoms with van der Waals surface area (Å²) in [6, 6.07) is 7.34. The Kier molecular flexibility index (Phi) is 3.69. The maximum Gasteiger partial charge on any atom is 0.248 e. The minimum Gasteiger partial charge on any atom is -0.279 e. The molecule has 2 N–H and O–H groups in total. The number of amides is 1. The highest BCUT2D eigenvalue weighted by atomic mass is 35.5. The summed E-state index contributed by atoms with van der Waals surface area (Å²) in [6.07, 6.45) is 4.57. The van der Waals surface area contributed by atoms with Crippen LogP contribution in [0, 0.1) is 0 Å². The van der Waals surface area contributed by atoms with E-state index in [2.05, 4.69) is 20.8 Å². The molecule has 1 heterocycles. The zero-order chi connectivity index (χ0) is 14.9. The number of rotatable bonds is 4. The van der Waals surface area contributed by atoms with Crippen LogP contribution in [0.4, 0.5) is 5.82 Å². The third kappa shape index (κ3) is 2.80. The number of aromatic nitrogens is 2. The van der Waals surface area contributed by atoms with Gasteiger partial charge in [-0.05, 0) is 30.5 Å². The van der Waals surface area contributed by atoms with Crippen LogP contribution >= 0.6 is 23.2 Å². The summed E-state index contributed by atoms with van der Waals surface area (Å²) < 4.78 is 0. The molecule has 108 valence electrons. The van der Waals surface area contributed by atoms with Crippen molar-refractivity contribution in [1.29, 1.82) is 0 Å². The summed E-state index contributed by atoms with van der Waals surface area (Å²) in [5, 5.41) is 0.855. The molecule has 0 saturated heterocycles. The Morgan fingerprint density at radius 2 is 1.76 bits per heavy atom. The fourth-order valence-electron chi connectivity index (χ4n) is 2.18. The van der Waals surface area contributed by atoms with Crippen LogP contribution in [0.3, 0.4) is 0 Å². The lowest BCUT2D eigenvalue weighted by Crippen LogP contribution is -2.38. The summed E-state index contributed by atoms with van der Waals surface area (Å²) in [4.78, 5) is 20.3. The number of hydrogen-bond donors (Lipinski definition) is 2. The first-order valence-electron chi connectivity index (χ1n) is 6.41. The second kappa shape index (κ2) is 5.50. The highest BCUT2D eigenvalue weighted by Crippen LogP contribution is 2.48. The van der Waals surface area contributed by atoms with E-state index in [1.165, 1.54) is 12.4 Å². The highest BCUT2D eigenvalue weighted by molar-refractivity contribution is 6.31. The Hall–Kier alpha value is -1.85. The van der Waals surface area contributed by atoms with Crippen LogP contribution in [0.15, 0.2) is 36.7 Å². The number of nitrogens with one attached hydrogen (secondary N) is 2. The maximum atomic E-state index is 12.4. The van der Waals surface area contributed by atoms with Crippen molar-refractivity contribution in [3.63, 3.8) is 0 Å². The fourth-order valence-corrected chi connectivity index (χ4v) is 2.46. The fraction of sp³-hybridized carbons (Fsp3) is 0.214. The minimum absolute atomic E-state index is 0.119. The molecule has 1 amide bonds. The van der Waals surface area contributed by atoms with Crippen molar-refractivity contribution in [3.8, 4) is 0 Å². The lowest BCUT2D eigenvalue weighted by molar-refractivity contribution is -0.123. The van der Waals surface area contributed by atoms with E-state index in [9.17, 15) is 4.79 Å². The van der Waals surface area contributed by atoms with Crippen molar-refractivity contribution in [2.45, 2.75) is 18.3 Å². The van der Waals surface area contributed by atoms with Gasteiger partial charge in [-0.25, -0.2) is 9.97 Å². The van der Waals surface area contributed by atoms with Crippen LogP contribution in [0.1, 0.15) is 18.4 Å². The molecule has 1 aromatic heterocycles. The van der Waals surface area contributed by atoms with Gasteiger partial charge in [-0.1, -0.05) is 35.3 Å². The molecule has 1 fully saturated rings. The summed E-state index contributed by atoms with van der Waals surface area (Å²) >= 11 is 11.7. The summed E-state index contributed by atoms with van der Waals surface area (Å²) in [5.41, 5.74) is 5.82. The highest BCUT2D eigenvalue weighted by Gasteiger charge is 2.51. The third-order valence-corrected chi connectivity index (χ3v) is 4.06. The molecule has 1 aliphatic rings. The van der Waals surface area contributed by atoms with Gasteiger partial charge in [-0.3, -0.25) is 15.6 Å². The zero-order valence-electron chi connectivity index (χ0n) is 10.9. The number of nitrogens with zero attached hydrogens (tertiary/aromatic N) is 2. The van der Waals surface area contributed by atoms with Crippen molar-refractivity contribution in [2.75, 3.05) is 5.43 Å². The van der Waals surface area contributed by atoms with Crippen molar-refractivity contribution in [2.24, 2.45) is 0 Å². The molecule has 1 aromatic carbocycles. The monoisotopic (exact) mass is 322 g/mol. The Morgan fingerprint density at radius 3 is 2.38 bits per heavy atom. The largest absolute Gasteiger partial charge is 0.279 e. The van der Waals surface area contributed by atoms with Gasteiger partial charge in [-0.15, -0.1) is 0 Å². The Morgan fingerprint density at radius 1 is 1.10 bits per heavy atom. The quantitative estimate of drug-likeness (QED) is 0.849. The van der Waals surface area contributed by atoms with E-state index in [1.54, 1.807) is 12.1 Å². The lowest BCUT2D eigenvalue weighted by Gasteiger charge is -2.16. The molecule has 0 bridgehead atoms. The Labute approximate surface area is 131 Å². The first-order valence-corrected chi connectivity index (χ1v) is 7.16. The second-order valence-electron chi connectivity index (χ2n) is 4.86. The van der Waals surface area contributed by atoms with Gasteiger partial charge >= 0.3 is 0 Å². The van der Waals surface area contributed by atoms with Gasteiger partial charge in [0.1, 0.15) is 0 Å². The van der Waals surface area contributed by atoms with E-state index in [0.717, 1.165) is 18.4 Å². The van der Waals surface area contributed by atoms with Crippen LogP contribution in [-0.2, 0) is 10.2 Å². The van der Waals surface area contributed by atoms with E-state index < -0.39 is 5.41 Å². The summed E-state index contributed by atoms with van der Waals surface area (Å²) in [7, 11) is 0. The SMILES string of the molecule is O=C(NNc1nccnc1Cl)C1(c2ccc(Cl)cc2)CC1. The van der Waals surface area contributed by atoms with Gasteiger partial charge in [-0.2, -0.15) is 0 Å². The molecular formula is C14H12Cl2N4O. The second-order valence-corrected chi connectivity index (χ2v) is 5.66. The number of halogens is 2. The number of hydrazine groups is 1. The van der Waals surface area contributed by atoms with Crippen LogP contribution < -0.4 is 10.9 Å². The number of carbonyl (C=O) groups excluding carboxylic acids is 1. The number of hydrogen-bond acceptors (Lipinski definition) is 4. The van der Waals surface area contributed by atoms with E-state index in [0.29, 0.717) is 10.8 Å². The smallest absolute Gasteiger partial charge is 0.248 e. The minimum atomic E-state index is -0.494. The van der Waals surface area contributed by atoms with Crippen LogP contribution in [0.25, 0.3) is 0 Å². The van der Waals surface area contributed by atoms with Crippen molar-refractivity contribution < 1.29 is 4.79 Å². The standard InChI is InChI=1S/C14H12Cl2N4O/c15-10-3-1-9(2-4-10)14(5-6-14)13(21)20-19-12-11(16)17-7-8-18-12/h1-4,7-8H,5-6H2,(H,18,19)(H,20,21). The zero-order valence-corrected chi connectivity index (χ0v) is 12.4. The van der Waals surface area contributed by atoms with E-state index >= 15 is 0 Å². The van der Waals surface area contributed by atoms with Gasteiger partial charge in [0.15, 0.2) is 11.0 Å². The molecule has 2 aromatic rings. The topological polar surface area (TPSA) is 66.9 Å². The van der Waals surface area contributed by atoms with E-state index in [1.807, 2.05) is 12.1 Å². The van der Waals surface area contributed by atoms with Crippen LogP contribution in [0.5, 0.6) is 0 Å². The average Bonchev–Trinajstić information content (AvgIpc) is 3.28. The van der Waals surface area contributed by atoms with Crippen LogP contribution in [-0.4, -0.2) is 15.9 Å². The molecule has 0 radical (unpaired) electrons. The molecule has 0 spiro atoms. The predicted molar refractivity (Wildman–Crippen MR) is 81.2 cm³/mol. The normalized spacial score (nSPS) is 15.3. The molecule has 7 heteroatoms.